The van der Waals surface area contributed by atoms with Gasteiger partial charge in [0.2, 0.25) is 10.0 Å². The van der Waals surface area contributed by atoms with Crippen LogP contribution in [0.2, 0.25) is 0 Å². The Kier molecular flexibility index (Phi) is 5.97. The van der Waals surface area contributed by atoms with Crippen LogP contribution in [0.3, 0.4) is 0 Å². The summed E-state index contributed by atoms with van der Waals surface area (Å²) >= 11 is 3.45. The molecule has 2 aromatic rings. The summed E-state index contributed by atoms with van der Waals surface area (Å²) in [4.78, 5) is 18.2. The number of ether oxygens (including phenoxy) is 1. The van der Waals surface area contributed by atoms with Crippen LogP contribution >= 0.6 is 15.9 Å². The van der Waals surface area contributed by atoms with E-state index in [1.807, 2.05) is 20.8 Å². The van der Waals surface area contributed by atoms with Crippen LogP contribution in [0, 0.1) is 0 Å². The molecule has 9 heteroatoms. The number of hydrogen-bond donors (Lipinski definition) is 0. The topological polar surface area (TPSA) is 79.8 Å². The standard InChI is InChI=1S/C19H24BrN3O4S/c1-19(2,3)27-18(24)22-9-4-10-23(12-11-22)28(25,26)16-6-5-14-13-21-8-7-15(14)17(16)20/h5-8,13H,4,9-12H2,1-3H3. The molecular weight excluding hydrogens is 446 g/mol. The summed E-state index contributed by atoms with van der Waals surface area (Å²) < 4.78 is 33.9. The molecule has 1 saturated heterocycles. The summed E-state index contributed by atoms with van der Waals surface area (Å²) in [6.07, 6.45) is 3.47. The van der Waals surface area contributed by atoms with Gasteiger partial charge in [-0.1, -0.05) is 6.07 Å². The van der Waals surface area contributed by atoms with E-state index in [0.717, 1.165) is 10.8 Å². The predicted molar refractivity (Wildman–Crippen MR) is 111 cm³/mol. The van der Waals surface area contributed by atoms with Crippen molar-refractivity contribution in [2.75, 3.05) is 26.2 Å². The summed E-state index contributed by atoms with van der Waals surface area (Å²) in [5.74, 6) is 0. The third kappa shape index (κ3) is 4.47. The first-order valence-electron chi connectivity index (χ1n) is 9.10. The molecule has 1 aliphatic rings. The van der Waals surface area contributed by atoms with Crippen LogP contribution in [0.1, 0.15) is 27.2 Å². The Morgan fingerprint density at radius 3 is 2.61 bits per heavy atom. The summed E-state index contributed by atoms with van der Waals surface area (Å²) in [6.45, 7) is 6.77. The van der Waals surface area contributed by atoms with E-state index in [1.165, 1.54) is 4.31 Å². The predicted octanol–water partition coefficient (Wildman–Crippen LogP) is 3.63. The second-order valence-corrected chi connectivity index (χ2v) is 10.4. The molecule has 0 bridgehead atoms. The van der Waals surface area contributed by atoms with E-state index in [2.05, 4.69) is 20.9 Å². The molecule has 0 radical (unpaired) electrons. The highest BCUT2D eigenvalue weighted by atomic mass is 79.9. The fourth-order valence-electron chi connectivity index (χ4n) is 3.09. The lowest BCUT2D eigenvalue weighted by atomic mass is 10.2. The smallest absolute Gasteiger partial charge is 0.410 e. The minimum Gasteiger partial charge on any atom is -0.444 e. The quantitative estimate of drug-likeness (QED) is 0.670. The summed E-state index contributed by atoms with van der Waals surface area (Å²) in [7, 11) is -3.70. The summed E-state index contributed by atoms with van der Waals surface area (Å²) in [5.41, 5.74) is -0.583. The minimum atomic E-state index is -3.70. The number of sulfonamides is 1. The van der Waals surface area contributed by atoms with E-state index in [0.29, 0.717) is 30.5 Å². The van der Waals surface area contributed by atoms with Gasteiger partial charge in [-0.3, -0.25) is 4.98 Å². The van der Waals surface area contributed by atoms with Crippen LogP contribution in [-0.2, 0) is 14.8 Å². The SMILES string of the molecule is CC(C)(C)OC(=O)N1CCCN(S(=O)(=O)c2ccc3cnccc3c2Br)CC1. The molecule has 1 aromatic carbocycles. The maximum Gasteiger partial charge on any atom is 0.410 e. The van der Waals surface area contributed by atoms with Crippen molar-refractivity contribution in [3.8, 4) is 0 Å². The van der Waals surface area contributed by atoms with Gasteiger partial charge in [0, 0.05) is 53.8 Å². The molecule has 0 atom stereocenters. The molecular formula is C19H24BrN3O4S. The highest BCUT2D eigenvalue weighted by Gasteiger charge is 2.31. The number of carbonyl (C=O) groups is 1. The maximum absolute atomic E-state index is 13.3. The van der Waals surface area contributed by atoms with E-state index < -0.39 is 21.7 Å². The fraction of sp³-hybridized carbons (Fsp3) is 0.474. The van der Waals surface area contributed by atoms with Crippen LogP contribution in [0.25, 0.3) is 10.8 Å². The molecule has 152 valence electrons. The van der Waals surface area contributed by atoms with E-state index in [9.17, 15) is 13.2 Å². The number of fused-ring (bicyclic) bond motifs is 1. The van der Waals surface area contributed by atoms with Crippen LogP contribution in [0.4, 0.5) is 4.79 Å². The minimum absolute atomic E-state index is 0.219. The van der Waals surface area contributed by atoms with Crippen molar-refractivity contribution in [3.63, 3.8) is 0 Å². The number of nitrogens with zero attached hydrogens (tertiary/aromatic N) is 3. The van der Waals surface area contributed by atoms with Crippen LogP contribution < -0.4 is 0 Å². The van der Waals surface area contributed by atoms with E-state index in [1.54, 1.807) is 35.5 Å². The van der Waals surface area contributed by atoms with Crippen molar-refractivity contribution in [1.29, 1.82) is 0 Å². The molecule has 1 aromatic heterocycles. The molecule has 1 amide bonds. The Morgan fingerprint density at radius 2 is 1.89 bits per heavy atom. The lowest BCUT2D eigenvalue weighted by Gasteiger charge is -2.26. The van der Waals surface area contributed by atoms with Crippen molar-refractivity contribution >= 4 is 42.8 Å². The van der Waals surface area contributed by atoms with Gasteiger partial charge in [-0.15, -0.1) is 0 Å². The average molecular weight is 470 g/mol. The van der Waals surface area contributed by atoms with Gasteiger partial charge in [0.25, 0.3) is 0 Å². The molecule has 0 spiro atoms. The van der Waals surface area contributed by atoms with Gasteiger partial charge in [-0.05, 0) is 55.3 Å². The normalized spacial score (nSPS) is 16.8. The highest BCUT2D eigenvalue weighted by Crippen LogP contribution is 2.32. The molecule has 0 N–H and O–H groups in total. The first-order chi connectivity index (χ1) is 13.1. The van der Waals surface area contributed by atoms with E-state index in [-0.39, 0.29) is 11.4 Å². The van der Waals surface area contributed by atoms with Crippen molar-refractivity contribution in [2.45, 2.75) is 37.7 Å². The second kappa shape index (κ2) is 7.96. The Labute approximate surface area is 173 Å². The third-order valence-corrected chi connectivity index (χ3v) is 7.50. The van der Waals surface area contributed by atoms with Crippen molar-refractivity contribution in [2.24, 2.45) is 0 Å². The van der Waals surface area contributed by atoms with Gasteiger partial charge in [-0.25, -0.2) is 13.2 Å². The fourth-order valence-corrected chi connectivity index (χ4v) is 5.75. The van der Waals surface area contributed by atoms with Crippen LogP contribution in [0.15, 0.2) is 40.0 Å². The molecule has 7 nitrogen and oxygen atoms in total. The lowest BCUT2D eigenvalue weighted by molar-refractivity contribution is 0.0260. The molecule has 0 saturated carbocycles. The summed E-state index contributed by atoms with van der Waals surface area (Å²) in [6, 6.07) is 5.13. The molecule has 1 aliphatic heterocycles. The Balaban J connectivity index is 1.82. The zero-order chi connectivity index (χ0) is 20.5. The zero-order valence-electron chi connectivity index (χ0n) is 16.2. The molecule has 1 fully saturated rings. The van der Waals surface area contributed by atoms with Crippen molar-refractivity contribution < 1.29 is 17.9 Å². The first-order valence-corrected chi connectivity index (χ1v) is 11.3. The molecule has 0 unspecified atom stereocenters. The highest BCUT2D eigenvalue weighted by molar-refractivity contribution is 9.10. The van der Waals surface area contributed by atoms with Crippen molar-refractivity contribution in [3.05, 3.63) is 35.1 Å². The number of hydrogen-bond acceptors (Lipinski definition) is 5. The van der Waals surface area contributed by atoms with Gasteiger partial charge in [0.15, 0.2) is 0 Å². The largest absolute Gasteiger partial charge is 0.444 e. The van der Waals surface area contributed by atoms with Gasteiger partial charge in [0.05, 0.1) is 4.90 Å². The van der Waals surface area contributed by atoms with Gasteiger partial charge < -0.3 is 9.64 Å². The molecule has 28 heavy (non-hydrogen) atoms. The average Bonchev–Trinajstić information content (AvgIpc) is 2.87. The van der Waals surface area contributed by atoms with Gasteiger partial charge in [-0.2, -0.15) is 4.31 Å². The van der Waals surface area contributed by atoms with Crippen molar-refractivity contribution in [1.82, 2.24) is 14.2 Å². The Hall–Kier alpha value is -1.71. The van der Waals surface area contributed by atoms with E-state index >= 15 is 0 Å². The third-order valence-electron chi connectivity index (χ3n) is 4.44. The number of benzene rings is 1. The van der Waals surface area contributed by atoms with E-state index in [4.69, 9.17) is 4.74 Å². The van der Waals surface area contributed by atoms with Gasteiger partial charge in [0.1, 0.15) is 5.60 Å². The molecule has 0 aliphatic carbocycles. The molecule has 3 rings (SSSR count). The monoisotopic (exact) mass is 469 g/mol. The van der Waals surface area contributed by atoms with Crippen LogP contribution in [0.5, 0.6) is 0 Å². The number of halogens is 1. The Bertz CT molecular complexity index is 988. The summed E-state index contributed by atoms with van der Waals surface area (Å²) in [5, 5.41) is 1.65. The maximum atomic E-state index is 13.3. The second-order valence-electron chi connectivity index (χ2n) is 7.70. The number of carbonyl (C=O) groups excluding carboxylic acids is 1. The van der Waals surface area contributed by atoms with Gasteiger partial charge >= 0.3 is 6.09 Å². The zero-order valence-corrected chi connectivity index (χ0v) is 18.6. The Morgan fingerprint density at radius 1 is 1.14 bits per heavy atom. The first kappa shape index (κ1) is 21.0. The number of aromatic nitrogens is 1. The number of rotatable bonds is 2. The molecule has 2 heterocycles. The lowest BCUT2D eigenvalue weighted by Crippen LogP contribution is -2.40. The number of pyridine rings is 1. The number of amides is 1. The van der Waals surface area contributed by atoms with Crippen LogP contribution in [-0.4, -0.2) is 60.5 Å².